The van der Waals surface area contributed by atoms with Crippen LogP contribution in [0.15, 0.2) is 59.6 Å². The third kappa shape index (κ3) is 2.94. The van der Waals surface area contributed by atoms with E-state index in [1.807, 2.05) is 19.1 Å². The van der Waals surface area contributed by atoms with Gasteiger partial charge in [-0.2, -0.15) is 0 Å². The second-order valence-corrected chi connectivity index (χ2v) is 8.19. The van der Waals surface area contributed by atoms with Gasteiger partial charge in [0.15, 0.2) is 5.54 Å². The maximum atomic E-state index is 13.1. The number of nitrogens with zero attached hydrogens (tertiary/aromatic N) is 1. The molecule has 2 aliphatic heterocycles. The number of rotatable bonds is 5. The van der Waals surface area contributed by atoms with Crippen molar-refractivity contribution < 1.29 is 14.5 Å². The van der Waals surface area contributed by atoms with Crippen molar-refractivity contribution in [2.24, 2.45) is 0 Å². The van der Waals surface area contributed by atoms with Gasteiger partial charge in [-0.15, -0.1) is 0 Å². The zero-order valence-electron chi connectivity index (χ0n) is 15.7. The Morgan fingerprint density at radius 3 is 2.83 bits per heavy atom. The van der Waals surface area contributed by atoms with Crippen molar-refractivity contribution in [3.63, 3.8) is 0 Å². The third-order valence-corrected chi connectivity index (χ3v) is 6.14. The number of ether oxygens (including phenoxy) is 1. The summed E-state index contributed by atoms with van der Waals surface area (Å²) in [5, 5.41) is 18.5. The Hall–Kier alpha value is -2.71. The quantitative estimate of drug-likeness (QED) is 0.406. The van der Waals surface area contributed by atoms with E-state index in [9.17, 15) is 14.9 Å². The summed E-state index contributed by atoms with van der Waals surface area (Å²) in [7, 11) is 0. The smallest absolute Gasteiger partial charge is 0.256 e. The van der Waals surface area contributed by atoms with Crippen LogP contribution in [-0.4, -0.2) is 29.5 Å². The lowest BCUT2D eigenvalue weighted by molar-refractivity contribution is -0.532. The Balaban J connectivity index is 1.89. The van der Waals surface area contributed by atoms with Crippen LogP contribution in [-0.2, 0) is 10.3 Å². The molecule has 8 heteroatoms. The Kier molecular flexibility index (Phi) is 4.92. The van der Waals surface area contributed by atoms with E-state index in [4.69, 9.17) is 4.74 Å². The first-order valence-corrected chi connectivity index (χ1v) is 10.0. The fraction of sp³-hybridized carbons (Fsp3) is 0.286. The van der Waals surface area contributed by atoms with E-state index < -0.39 is 23.4 Å². The van der Waals surface area contributed by atoms with Gasteiger partial charge in [-0.05, 0) is 31.2 Å². The molecule has 150 valence electrons. The molecule has 2 aromatic carbocycles. The van der Waals surface area contributed by atoms with Gasteiger partial charge >= 0.3 is 0 Å². The number of anilines is 1. The summed E-state index contributed by atoms with van der Waals surface area (Å²) in [5.74, 6) is -0.445. The van der Waals surface area contributed by atoms with E-state index in [2.05, 4.69) is 33.1 Å². The lowest BCUT2D eigenvalue weighted by Gasteiger charge is -2.26. The van der Waals surface area contributed by atoms with Crippen LogP contribution in [0, 0.1) is 10.1 Å². The maximum absolute atomic E-state index is 13.1. The van der Waals surface area contributed by atoms with Crippen molar-refractivity contribution in [1.82, 2.24) is 5.32 Å². The number of nitrogens with one attached hydrogen (secondary N) is 2. The number of benzene rings is 2. The molecule has 1 fully saturated rings. The normalized spacial score (nSPS) is 27.5. The Labute approximate surface area is 176 Å². The van der Waals surface area contributed by atoms with Crippen LogP contribution in [0.4, 0.5) is 5.69 Å². The number of nitro groups is 1. The monoisotopic (exact) mass is 457 g/mol. The Bertz CT molecular complexity index is 1010. The fourth-order valence-electron chi connectivity index (χ4n) is 4.58. The minimum absolute atomic E-state index is 0.279. The van der Waals surface area contributed by atoms with Crippen molar-refractivity contribution in [3.05, 3.63) is 80.8 Å². The third-order valence-electron chi connectivity index (χ3n) is 5.65. The maximum Gasteiger partial charge on any atom is 0.256 e. The molecule has 1 spiro atoms. The highest BCUT2D eigenvalue weighted by molar-refractivity contribution is 9.10. The summed E-state index contributed by atoms with van der Waals surface area (Å²) in [4.78, 5) is 25.1. The molecule has 0 radical (unpaired) electrons. The van der Waals surface area contributed by atoms with Gasteiger partial charge in [0, 0.05) is 32.3 Å². The first kappa shape index (κ1) is 19.6. The number of fused-ring (bicyclic) bond motifs is 2. The molecule has 2 aromatic rings. The lowest BCUT2D eigenvalue weighted by atomic mass is 9.78. The van der Waals surface area contributed by atoms with Gasteiger partial charge in [0.25, 0.3) is 11.9 Å². The van der Waals surface area contributed by atoms with E-state index in [1.54, 1.807) is 36.4 Å². The Morgan fingerprint density at radius 1 is 1.34 bits per heavy atom. The van der Waals surface area contributed by atoms with Crippen molar-refractivity contribution in [3.8, 4) is 5.75 Å². The number of carbonyl (C=O) groups is 1. The molecule has 0 aliphatic carbocycles. The minimum Gasteiger partial charge on any atom is -0.489 e. The lowest BCUT2D eigenvalue weighted by Crippen LogP contribution is -2.54. The van der Waals surface area contributed by atoms with Gasteiger partial charge in [0.1, 0.15) is 12.4 Å². The van der Waals surface area contributed by atoms with Gasteiger partial charge in [-0.3, -0.25) is 20.2 Å². The summed E-state index contributed by atoms with van der Waals surface area (Å²) in [5.41, 5.74) is 0.436. The Morgan fingerprint density at radius 2 is 2.10 bits per heavy atom. The average molecular weight is 458 g/mol. The van der Waals surface area contributed by atoms with Crippen LogP contribution in [0.25, 0.3) is 0 Å². The zero-order chi connectivity index (χ0) is 20.8. The standard InChI is InChI=1S/C21H20BrN3O4/c1-3-10-29-17-9-8-13(22)11-14(17)18-12(2)24-21(19(18)25(27)28)15-6-4-5-7-16(15)23-20(21)26/h3-9,11-12,18-19,24H,1,10H2,2H3,(H,23,26)/t12-,18-,19+,21-/m0/s1. The summed E-state index contributed by atoms with van der Waals surface area (Å²) < 4.78 is 6.57. The van der Waals surface area contributed by atoms with Crippen LogP contribution in [0.5, 0.6) is 5.75 Å². The van der Waals surface area contributed by atoms with E-state index in [0.717, 1.165) is 4.47 Å². The topological polar surface area (TPSA) is 93.5 Å². The second-order valence-electron chi connectivity index (χ2n) is 7.28. The molecule has 4 rings (SSSR count). The molecular formula is C21H20BrN3O4. The van der Waals surface area contributed by atoms with Crippen LogP contribution in [0.3, 0.4) is 0 Å². The van der Waals surface area contributed by atoms with Crippen molar-refractivity contribution in [2.45, 2.75) is 30.5 Å². The average Bonchev–Trinajstić information content (AvgIpc) is 3.15. The SMILES string of the molecule is C=CCOc1ccc(Br)cc1[C@@H]1[C@H](C)N[C@]2(C(=O)Nc3ccccc32)[C@@H]1[N+](=O)[O-]. The number of carbonyl (C=O) groups excluding carboxylic acids is 1. The van der Waals surface area contributed by atoms with Crippen molar-refractivity contribution in [2.75, 3.05) is 11.9 Å². The highest BCUT2D eigenvalue weighted by Gasteiger charge is 2.67. The van der Waals surface area contributed by atoms with Gasteiger partial charge < -0.3 is 10.1 Å². The predicted molar refractivity (Wildman–Crippen MR) is 113 cm³/mol. The van der Waals surface area contributed by atoms with Gasteiger partial charge in [-0.25, -0.2) is 0 Å². The highest BCUT2D eigenvalue weighted by atomic mass is 79.9. The van der Waals surface area contributed by atoms with Crippen LogP contribution in [0.2, 0.25) is 0 Å². The number of hydrogen-bond donors (Lipinski definition) is 2. The highest BCUT2D eigenvalue weighted by Crippen LogP contribution is 2.51. The molecule has 1 amide bonds. The number of halogens is 1. The second kappa shape index (κ2) is 7.27. The molecule has 0 saturated carbocycles. The number of amides is 1. The zero-order valence-corrected chi connectivity index (χ0v) is 17.3. The number of para-hydroxylation sites is 1. The van der Waals surface area contributed by atoms with Crippen molar-refractivity contribution in [1.29, 1.82) is 0 Å². The van der Waals surface area contributed by atoms with E-state index in [-0.39, 0.29) is 17.6 Å². The van der Waals surface area contributed by atoms with Crippen LogP contribution in [0.1, 0.15) is 24.0 Å². The summed E-state index contributed by atoms with van der Waals surface area (Å²) in [6, 6.07) is 11.0. The first-order chi connectivity index (χ1) is 13.9. The largest absolute Gasteiger partial charge is 0.489 e. The molecule has 2 N–H and O–H groups in total. The predicted octanol–water partition coefficient (Wildman–Crippen LogP) is 3.58. The number of hydrogen-bond acceptors (Lipinski definition) is 5. The minimum atomic E-state index is -1.44. The van der Waals surface area contributed by atoms with E-state index in [1.165, 1.54) is 0 Å². The molecule has 0 aromatic heterocycles. The van der Waals surface area contributed by atoms with E-state index >= 15 is 0 Å². The molecule has 2 heterocycles. The molecule has 0 bridgehead atoms. The molecule has 0 unspecified atom stereocenters. The van der Waals surface area contributed by atoms with Crippen molar-refractivity contribution >= 4 is 27.5 Å². The fourth-order valence-corrected chi connectivity index (χ4v) is 4.96. The molecule has 29 heavy (non-hydrogen) atoms. The van der Waals surface area contributed by atoms with Crippen LogP contribution < -0.4 is 15.4 Å². The molecular weight excluding hydrogens is 438 g/mol. The van der Waals surface area contributed by atoms with Crippen LogP contribution >= 0.6 is 15.9 Å². The molecule has 4 atom stereocenters. The first-order valence-electron chi connectivity index (χ1n) is 9.25. The van der Waals surface area contributed by atoms with Gasteiger partial charge in [0.05, 0.1) is 5.92 Å². The molecule has 2 aliphatic rings. The summed E-state index contributed by atoms with van der Waals surface area (Å²) in [6.45, 7) is 5.81. The summed E-state index contributed by atoms with van der Waals surface area (Å²) in [6.07, 6.45) is 1.62. The molecule has 7 nitrogen and oxygen atoms in total. The van der Waals surface area contributed by atoms with Gasteiger partial charge in [0.2, 0.25) is 0 Å². The summed E-state index contributed by atoms with van der Waals surface area (Å²) >= 11 is 3.46. The molecule has 1 saturated heterocycles. The van der Waals surface area contributed by atoms with Gasteiger partial charge in [-0.1, -0.05) is 46.8 Å². The van der Waals surface area contributed by atoms with E-state index in [0.29, 0.717) is 22.6 Å².